The predicted molar refractivity (Wildman–Crippen MR) is 70.5 cm³/mol. The highest BCUT2D eigenvalue weighted by molar-refractivity contribution is 6.19. The van der Waals surface area contributed by atoms with Crippen LogP contribution in [-0.2, 0) is 0 Å². The van der Waals surface area contributed by atoms with Gasteiger partial charge in [-0.3, -0.25) is 0 Å². The quantitative estimate of drug-likeness (QED) is 0.847. The Balaban J connectivity index is 2.00. The minimum absolute atomic E-state index is 0.0629. The average Bonchev–Trinajstić information content (AvgIpc) is 2.34. The SMILES string of the molecule is ClCC1(Nc2cnnc3ccccc23)CCC1. The van der Waals surface area contributed by atoms with E-state index in [0.717, 1.165) is 29.4 Å². The third-order valence-corrected chi connectivity index (χ3v) is 4.02. The number of nitrogens with zero attached hydrogens (tertiary/aromatic N) is 2. The number of alkyl halides is 1. The average molecular weight is 248 g/mol. The van der Waals surface area contributed by atoms with E-state index in [9.17, 15) is 0 Å². The highest BCUT2D eigenvalue weighted by Gasteiger charge is 2.36. The fourth-order valence-electron chi connectivity index (χ4n) is 2.29. The first kappa shape index (κ1) is 10.8. The van der Waals surface area contributed by atoms with Crippen molar-refractivity contribution in [3.8, 4) is 0 Å². The van der Waals surface area contributed by atoms with Crippen molar-refractivity contribution in [1.29, 1.82) is 0 Å². The Hall–Kier alpha value is -1.35. The maximum Gasteiger partial charge on any atom is 0.0950 e. The Morgan fingerprint density at radius 2 is 2.12 bits per heavy atom. The molecule has 1 aromatic carbocycles. The van der Waals surface area contributed by atoms with E-state index in [4.69, 9.17) is 11.6 Å². The molecule has 0 bridgehead atoms. The summed E-state index contributed by atoms with van der Waals surface area (Å²) in [5.41, 5.74) is 2.02. The molecule has 1 aromatic heterocycles. The molecule has 1 saturated carbocycles. The number of rotatable bonds is 3. The minimum Gasteiger partial charge on any atom is -0.377 e. The molecule has 3 nitrogen and oxygen atoms in total. The molecule has 1 N–H and O–H groups in total. The fourth-order valence-corrected chi connectivity index (χ4v) is 2.62. The lowest BCUT2D eigenvalue weighted by Crippen LogP contribution is -2.46. The van der Waals surface area contributed by atoms with Crippen LogP contribution in [0, 0.1) is 0 Å². The van der Waals surface area contributed by atoms with E-state index in [-0.39, 0.29) is 5.54 Å². The summed E-state index contributed by atoms with van der Waals surface area (Å²) in [6, 6.07) is 8.03. The molecular weight excluding hydrogens is 234 g/mol. The largest absolute Gasteiger partial charge is 0.377 e. The molecule has 2 aromatic rings. The minimum atomic E-state index is 0.0629. The number of anilines is 1. The third-order valence-electron chi connectivity index (χ3n) is 3.51. The molecular formula is C13H14ClN3. The first-order valence-electron chi connectivity index (χ1n) is 5.88. The second kappa shape index (κ2) is 4.15. The van der Waals surface area contributed by atoms with E-state index in [1.165, 1.54) is 6.42 Å². The standard InChI is InChI=1S/C13H14ClN3/c14-9-13(6-3-7-13)16-12-8-15-17-11-5-2-1-4-10(11)12/h1-2,4-5,8H,3,6-7,9H2,(H,16,17). The molecule has 0 amide bonds. The van der Waals surface area contributed by atoms with E-state index in [0.29, 0.717) is 5.88 Å². The number of fused-ring (bicyclic) bond motifs is 1. The van der Waals surface area contributed by atoms with Gasteiger partial charge < -0.3 is 5.32 Å². The van der Waals surface area contributed by atoms with Gasteiger partial charge in [-0.25, -0.2) is 0 Å². The first-order chi connectivity index (χ1) is 8.33. The van der Waals surface area contributed by atoms with Crippen LogP contribution in [0.5, 0.6) is 0 Å². The van der Waals surface area contributed by atoms with Gasteiger partial charge in [0.25, 0.3) is 0 Å². The molecule has 0 radical (unpaired) electrons. The lowest BCUT2D eigenvalue weighted by Gasteiger charge is -2.42. The van der Waals surface area contributed by atoms with Gasteiger partial charge >= 0.3 is 0 Å². The molecule has 0 saturated heterocycles. The van der Waals surface area contributed by atoms with Gasteiger partial charge in [0.2, 0.25) is 0 Å². The zero-order valence-electron chi connectivity index (χ0n) is 9.49. The van der Waals surface area contributed by atoms with Crippen LogP contribution in [0.3, 0.4) is 0 Å². The molecule has 0 unspecified atom stereocenters. The molecule has 88 valence electrons. The topological polar surface area (TPSA) is 37.8 Å². The summed E-state index contributed by atoms with van der Waals surface area (Å²) >= 11 is 6.06. The summed E-state index contributed by atoms with van der Waals surface area (Å²) < 4.78 is 0. The lowest BCUT2D eigenvalue weighted by atomic mass is 9.78. The molecule has 0 aliphatic heterocycles. The van der Waals surface area contributed by atoms with Gasteiger partial charge in [0.1, 0.15) is 0 Å². The van der Waals surface area contributed by atoms with E-state index < -0.39 is 0 Å². The maximum absolute atomic E-state index is 6.06. The van der Waals surface area contributed by atoms with Gasteiger partial charge in [-0.15, -0.1) is 11.6 Å². The number of halogens is 1. The Bertz CT molecular complexity index is 526. The predicted octanol–water partition coefficient (Wildman–Crippen LogP) is 3.20. The Kier molecular flexibility index (Phi) is 2.63. The molecule has 0 atom stereocenters. The van der Waals surface area contributed by atoms with Gasteiger partial charge in [0, 0.05) is 11.3 Å². The molecule has 4 heteroatoms. The first-order valence-corrected chi connectivity index (χ1v) is 6.41. The summed E-state index contributed by atoms with van der Waals surface area (Å²) in [6.45, 7) is 0. The van der Waals surface area contributed by atoms with Crippen LogP contribution in [0.25, 0.3) is 10.9 Å². The molecule has 1 heterocycles. The monoisotopic (exact) mass is 247 g/mol. The van der Waals surface area contributed by atoms with Crippen LogP contribution < -0.4 is 5.32 Å². The summed E-state index contributed by atoms with van der Waals surface area (Å²) in [7, 11) is 0. The van der Waals surface area contributed by atoms with E-state index in [1.54, 1.807) is 6.20 Å². The third kappa shape index (κ3) is 1.84. The van der Waals surface area contributed by atoms with Gasteiger partial charge in [0.15, 0.2) is 0 Å². The maximum atomic E-state index is 6.06. The van der Waals surface area contributed by atoms with Gasteiger partial charge in [-0.1, -0.05) is 18.2 Å². The lowest BCUT2D eigenvalue weighted by molar-refractivity contribution is 0.311. The zero-order chi connectivity index (χ0) is 11.7. The Morgan fingerprint density at radius 1 is 1.29 bits per heavy atom. The van der Waals surface area contributed by atoms with E-state index in [1.807, 2.05) is 18.2 Å². The van der Waals surface area contributed by atoms with Crippen molar-refractivity contribution in [2.75, 3.05) is 11.2 Å². The van der Waals surface area contributed by atoms with Crippen molar-refractivity contribution in [3.05, 3.63) is 30.5 Å². The Labute approximate surface area is 105 Å². The summed E-state index contributed by atoms with van der Waals surface area (Å²) in [4.78, 5) is 0. The molecule has 1 aliphatic rings. The Morgan fingerprint density at radius 3 is 2.82 bits per heavy atom. The second-order valence-corrected chi connectivity index (χ2v) is 4.94. The summed E-state index contributed by atoms with van der Waals surface area (Å²) in [6.07, 6.45) is 5.30. The van der Waals surface area contributed by atoms with Crippen molar-refractivity contribution in [1.82, 2.24) is 10.2 Å². The normalized spacial score (nSPS) is 17.7. The number of hydrogen-bond acceptors (Lipinski definition) is 3. The van der Waals surface area contributed by atoms with Crippen molar-refractivity contribution in [3.63, 3.8) is 0 Å². The summed E-state index contributed by atoms with van der Waals surface area (Å²) in [5.74, 6) is 0.643. The fraction of sp³-hybridized carbons (Fsp3) is 0.385. The molecule has 0 spiro atoms. The molecule has 1 fully saturated rings. The van der Waals surface area contributed by atoms with Crippen LogP contribution in [0.1, 0.15) is 19.3 Å². The van der Waals surface area contributed by atoms with E-state index in [2.05, 4.69) is 21.6 Å². The number of hydrogen-bond donors (Lipinski definition) is 1. The van der Waals surface area contributed by atoms with Crippen molar-refractivity contribution >= 4 is 28.2 Å². The van der Waals surface area contributed by atoms with Gasteiger partial charge in [-0.2, -0.15) is 10.2 Å². The summed E-state index contributed by atoms with van der Waals surface area (Å²) in [5, 5.41) is 12.8. The molecule has 1 aliphatic carbocycles. The van der Waals surface area contributed by atoms with E-state index >= 15 is 0 Å². The van der Waals surface area contributed by atoms with Crippen molar-refractivity contribution in [2.24, 2.45) is 0 Å². The van der Waals surface area contributed by atoms with Crippen LogP contribution in [0.15, 0.2) is 30.5 Å². The number of aromatic nitrogens is 2. The van der Waals surface area contributed by atoms with Crippen LogP contribution >= 0.6 is 11.6 Å². The van der Waals surface area contributed by atoms with Gasteiger partial charge in [-0.05, 0) is 25.3 Å². The number of nitrogens with one attached hydrogen (secondary N) is 1. The molecule has 3 rings (SSSR count). The van der Waals surface area contributed by atoms with Gasteiger partial charge in [0.05, 0.1) is 22.9 Å². The highest BCUT2D eigenvalue weighted by atomic mass is 35.5. The van der Waals surface area contributed by atoms with Crippen LogP contribution in [0.2, 0.25) is 0 Å². The number of benzene rings is 1. The van der Waals surface area contributed by atoms with Crippen molar-refractivity contribution in [2.45, 2.75) is 24.8 Å². The highest BCUT2D eigenvalue weighted by Crippen LogP contribution is 2.37. The van der Waals surface area contributed by atoms with Crippen molar-refractivity contribution < 1.29 is 0 Å². The van der Waals surface area contributed by atoms with Crippen LogP contribution in [0.4, 0.5) is 5.69 Å². The zero-order valence-corrected chi connectivity index (χ0v) is 10.2. The smallest absolute Gasteiger partial charge is 0.0950 e. The van der Waals surface area contributed by atoms with Crippen LogP contribution in [-0.4, -0.2) is 21.6 Å². The second-order valence-electron chi connectivity index (χ2n) is 4.67. The molecule has 17 heavy (non-hydrogen) atoms.